The molecule has 6 nitrogen and oxygen atoms in total. The summed E-state index contributed by atoms with van der Waals surface area (Å²) in [4.78, 5) is 24.5. The number of hydrogen-bond donors (Lipinski definition) is 0. The maximum atomic E-state index is 14.9. The van der Waals surface area contributed by atoms with Crippen molar-refractivity contribution in [2.45, 2.75) is 13.8 Å². The van der Waals surface area contributed by atoms with Crippen LogP contribution in [0.3, 0.4) is 0 Å². The van der Waals surface area contributed by atoms with Crippen LogP contribution in [0.15, 0.2) is 48.8 Å². The number of esters is 1. The van der Waals surface area contributed by atoms with Crippen molar-refractivity contribution in [1.29, 1.82) is 0 Å². The van der Waals surface area contributed by atoms with Gasteiger partial charge in [-0.2, -0.15) is 4.39 Å². The molecule has 0 unspecified atom stereocenters. The van der Waals surface area contributed by atoms with Crippen LogP contribution in [0.1, 0.15) is 23.1 Å². The predicted octanol–water partition coefficient (Wildman–Crippen LogP) is 5.68. The maximum Gasteiger partial charge on any atom is 0.340 e. The molecule has 3 heterocycles. The van der Waals surface area contributed by atoms with Gasteiger partial charge >= 0.3 is 5.97 Å². The summed E-state index contributed by atoms with van der Waals surface area (Å²) in [5, 5.41) is -0.0980. The molecule has 0 N–H and O–H groups in total. The molecule has 10 heteroatoms. The molecular weight excluding hydrogens is 464 g/mol. The van der Waals surface area contributed by atoms with Gasteiger partial charge in [0, 0.05) is 18.0 Å². The summed E-state index contributed by atoms with van der Waals surface area (Å²) in [6, 6.07) is 7.54. The Labute approximate surface area is 195 Å². The number of ether oxygens (including phenoxy) is 1. The SMILES string of the molecule is CCOC(=O)c1cc(-c2ccnc(F)c2F)cc2c1nc(C)n2-c1ccnc2c(F)ccc(F)c12. The van der Waals surface area contributed by atoms with Crippen LogP contribution in [0.5, 0.6) is 0 Å². The number of rotatable bonds is 4. The lowest BCUT2D eigenvalue weighted by molar-refractivity contribution is 0.0528. The minimum Gasteiger partial charge on any atom is -0.462 e. The van der Waals surface area contributed by atoms with Crippen molar-refractivity contribution in [2.24, 2.45) is 0 Å². The van der Waals surface area contributed by atoms with E-state index in [0.717, 1.165) is 18.3 Å². The standard InChI is InChI=1S/C25H16F4N4O2/c1-3-35-25(34)15-10-13(14-6-8-31-24(29)21(14)28)11-19-22(15)32-12(2)33(19)18-7-9-30-23-17(27)5-4-16(26)20(18)23/h4-11H,3H2,1-2H3. The average molecular weight is 480 g/mol. The van der Waals surface area contributed by atoms with Crippen LogP contribution in [0.25, 0.3) is 38.8 Å². The number of benzene rings is 2. The number of carbonyl (C=O) groups is 1. The van der Waals surface area contributed by atoms with Crippen LogP contribution < -0.4 is 0 Å². The minimum absolute atomic E-state index is 0.00262. The molecule has 35 heavy (non-hydrogen) atoms. The van der Waals surface area contributed by atoms with E-state index in [9.17, 15) is 22.4 Å². The number of halogens is 4. The van der Waals surface area contributed by atoms with Crippen LogP contribution in [0.2, 0.25) is 0 Å². The summed E-state index contributed by atoms with van der Waals surface area (Å²) in [6.07, 6.45) is 2.42. The Morgan fingerprint density at radius 3 is 2.49 bits per heavy atom. The van der Waals surface area contributed by atoms with E-state index in [1.54, 1.807) is 13.8 Å². The van der Waals surface area contributed by atoms with Gasteiger partial charge in [0.1, 0.15) is 28.5 Å². The first kappa shape index (κ1) is 22.5. The van der Waals surface area contributed by atoms with Crippen molar-refractivity contribution in [2.75, 3.05) is 6.61 Å². The number of pyridine rings is 2. The third-order valence-corrected chi connectivity index (χ3v) is 5.59. The molecule has 0 amide bonds. The van der Waals surface area contributed by atoms with E-state index in [0.29, 0.717) is 5.82 Å². The molecule has 2 aromatic carbocycles. The Morgan fingerprint density at radius 2 is 1.71 bits per heavy atom. The van der Waals surface area contributed by atoms with Crippen LogP contribution in [0.4, 0.5) is 17.6 Å². The predicted molar refractivity (Wildman–Crippen MR) is 120 cm³/mol. The third kappa shape index (κ3) is 3.58. The van der Waals surface area contributed by atoms with Crippen LogP contribution in [0, 0.1) is 30.3 Å². The lowest BCUT2D eigenvalue weighted by Gasteiger charge is -2.13. The highest BCUT2D eigenvalue weighted by atomic mass is 19.2. The fourth-order valence-electron chi connectivity index (χ4n) is 4.12. The van der Waals surface area contributed by atoms with Gasteiger partial charge in [0.2, 0.25) is 5.95 Å². The second-order valence-corrected chi connectivity index (χ2v) is 7.65. The van der Waals surface area contributed by atoms with E-state index in [1.807, 2.05) is 0 Å². The molecule has 0 saturated heterocycles. The Bertz CT molecular complexity index is 1650. The van der Waals surface area contributed by atoms with Crippen molar-refractivity contribution in [3.8, 4) is 16.8 Å². The van der Waals surface area contributed by atoms with Crippen LogP contribution in [-0.2, 0) is 4.74 Å². The van der Waals surface area contributed by atoms with E-state index >= 15 is 0 Å². The van der Waals surface area contributed by atoms with Crippen LogP contribution >= 0.6 is 0 Å². The number of imidazole rings is 1. The molecular formula is C25H16F4N4O2. The number of aromatic nitrogens is 4. The van der Waals surface area contributed by atoms with Gasteiger partial charge in [-0.25, -0.2) is 27.9 Å². The average Bonchev–Trinajstić information content (AvgIpc) is 3.17. The van der Waals surface area contributed by atoms with Crippen LogP contribution in [-0.4, -0.2) is 32.1 Å². The summed E-state index contributed by atoms with van der Waals surface area (Å²) in [6.45, 7) is 3.31. The smallest absolute Gasteiger partial charge is 0.340 e. The largest absolute Gasteiger partial charge is 0.462 e. The molecule has 0 aliphatic rings. The highest BCUT2D eigenvalue weighted by Gasteiger charge is 2.23. The Hall–Kier alpha value is -4.34. The molecule has 0 saturated carbocycles. The first-order chi connectivity index (χ1) is 16.8. The molecule has 0 aliphatic carbocycles. The Balaban J connectivity index is 1.90. The number of fused-ring (bicyclic) bond motifs is 2. The van der Waals surface area contributed by atoms with Gasteiger partial charge in [-0.1, -0.05) is 0 Å². The monoisotopic (exact) mass is 480 g/mol. The molecule has 5 aromatic rings. The van der Waals surface area contributed by atoms with Gasteiger partial charge in [0.05, 0.1) is 28.8 Å². The lowest BCUT2D eigenvalue weighted by Crippen LogP contribution is -2.07. The van der Waals surface area contributed by atoms with Crippen molar-refractivity contribution < 1.29 is 27.1 Å². The molecule has 0 fully saturated rings. The van der Waals surface area contributed by atoms with Crippen molar-refractivity contribution in [1.82, 2.24) is 19.5 Å². The van der Waals surface area contributed by atoms with Gasteiger partial charge in [0.15, 0.2) is 5.82 Å². The summed E-state index contributed by atoms with van der Waals surface area (Å²) in [5.41, 5.74) is 0.492. The summed E-state index contributed by atoms with van der Waals surface area (Å²) >= 11 is 0. The first-order valence-corrected chi connectivity index (χ1v) is 10.6. The zero-order valence-electron chi connectivity index (χ0n) is 18.4. The zero-order valence-corrected chi connectivity index (χ0v) is 18.4. The highest BCUT2D eigenvalue weighted by Crippen LogP contribution is 2.34. The maximum absolute atomic E-state index is 14.9. The van der Waals surface area contributed by atoms with Crippen molar-refractivity contribution in [3.63, 3.8) is 0 Å². The summed E-state index contributed by atoms with van der Waals surface area (Å²) < 4.78 is 64.5. The van der Waals surface area contributed by atoms with E-state index in [2.05, 4.69) is 15.0 Å². The van der Waals surface area contributed by atoms with E-state index in [4.69, 9.17) is 4.74 Å². The Morgan fingerprint density at radius 1 is 0.971 bits per heavy atom. The topological polar surface area (TPSA) is 69.9 Å². The summed E-state index contributed by atoms with van der Waals surface area (Å²) in [7, 11) is 0. The molecule has 176 valence electrons. The molecule has 3 aromatic heterocycles. The normalized spacial score (nSPS) is 11.4. The van der Waals surface area contributed by atoms with Gasteiger partial charge in [0.25, 0.3) is 0 Å². The summed E-state index contributed by atoms with van der Waals surface area (Å²) in [5.74, 6) is -4.33. The number of aryl methyl sites for hydroxylation is 1. The first-order valence-electron chi connectivity index (χ1n) is 10.6. The number of carbonyl (C=O) groups excluding carboxylic acids is 1. The Kier molecular flexibility index (Phi) is 5.43. The third-order valence-electron chi connectivity index (χ3n) is 5.59. The second kappa shape index (κ2) is 8.46. The van der Waals surface area contributed by atoms with E-state index in [1.165, 1.54) is 35.0 Å². The van der Waals surface area contributed by atoms with E-state index in [-0.39, 0.29) is 50.9 Å². The minimum atomic E-state index is -1.30. The van der Waals surface area contributed by atoms with Gasteiger partial charge in [-0.3, -0.25) is 9.55 Å². The van der Waals surface area contributed by atoms with Crippen molar-refractivity contribution in [3.05, 3.63) is 83.6 Å². The quantitative estimate of drug-likeness (QED) is 0.188. The van der Waals surface area contributed by atoms with Gasteiger partial charge in [-0.05, 0) is 55.8 Å². The second-order valence-electron chi connectivity index (χ2n) is 7.65. The molecule has 0 bridgehead atoms. The highest BCUT2D eigenvalue weighted by molar-refractivity contribution is 6.05. The molecule has 0 atom stereocenters. The molecule has 0 aliphatic heterocycles. The van der Waals surface area contributed by atoms with E-state index < -0.39 is 29.4 Å². The van der Waals surface area contributed by atoms with Crippen molar-refractivity contribution >= 4 is 27.9 Å². The number of nitrogens with zero attached hydrogens (tertiary/aromatic N) is 4. The molecule has 0 radical (unpaired) electrons. The molecule has 0 spiro atoms. The van der Waals surface area contributed by atoms with Gasteiger partial charge < -0.3 is 4.74 Å². The fraction of sp³-hybridized carbons (Fsp3) is 0.120. The zero-order chi connectivity index (χ0) is 24.9. The van der Waals surface area contributed by atoms with Gasteiger partial charge in [-0.15, -0.1) is 0 Å². The lowest BCUT2D eigenvalue weighted by atomic mass is 10.0. The number of hydrogen-bond acceptors (Lipinski definition) is 5. The fourth-order valence-corrected chi connectivity index (χ4v) is 4.12. The molecule has 5 rings (SSSR count).